The number of benzene rings is 3. The second kappa shape index (κ2) is 11.9. The van der Waals surface area contributed by atoms with Gasteiger partial charge in [-0.25, -0.2) is 10.4 Å². The van der Waals surface area contributed by atoms with E-state index in [2.05, 4.69) is 26.7 Å². The Morgan fingerprint density at radius 1 is 1.14 bits per heavy atom. The molecule has 0 spiro atoms. The van der Waals surface area contributed by atoms with Crippen molar-refractivity contribution in [1.82, 2.24) is 10.4 Å². The molecule has 1 aromatic heterocycles. The zero-order chi connectivity index (χ0) is 25.3. The standard InChI is InChI=1S/C27H21ClN4O3S/c1-3-14-35-24-13-4-18(15-25(24)34-2)16-29-32-26(33)20-7-5-19(6-8-20)23-17-36-27(31-23)30-22-11-9-21(28)10-12-22/h1,4-13,15-17H,14H2,2H3,(H,30,31)(H,32,33)/b29-16-. The third-order valence-corrected chi connectivity index (χ3v) is 5.93. The molecule has 0 aliphatic carbocycles. The molecule has 36 heavy (non-hydrogen) atoms. The van der Waals surface area contributed by atoms with Crippen molar-refractivity contribution in [3.8, 4) is 35.1 Å². The van der Waals surface area contributed by atoms with Crippen LogP contribution in [0.25, 0.3) is 11.3 Å². The maximum Gasteiger partial charge on any atom is 0.271 e. The second-order valence-corrected chi connectivity index (χ2v) is 8.64. The number of terminal acetylenes is 1. The number of rotatable bonds is 9. The Balaban J connectivity index is 1.35. The monoisotopic (exact) mass is 516 g/mol. The number of amides is 1. The number of carbonyl (C=O) groups excluding carboxylic acids is 1. The molecule has 0 saturated heterocycles. The molecular formula is C27H21ClN4O3S. The summed E-state index contributed by atoms with van der Waals surface area (Å²) in [5, 5.41) is 10.7. The highest BCUT2D eigenvalue weighted by atomic mass is 35.5. The van der Waals surface area contributed by atoms with Crippen LogP contribution in [0.1, 0.15) is 15.9 Å². The van der Waals surface area contributed by atoms with Crippen LogP contribution in [0.5, 0.6) is 11.5 Å². The topological polar surface area (TPSA) is 84.8 Å². The molecule has 180 valence electrons. The fraction of sp³-hybridized carbons (Fsp3) is 0.0741. The highest BCUT2D eigenvalue weighted by Gasteiger charge is 2.09. The van der Waals surface area contributed by atoms with Gasteiger partial charge in [0.25, 0.3) is 5.91 Å². The molecule has 4 aromatic rings. The van der Waals surface area contributed by atoms with Gasteiger partial charge in [-0.3, -0.25) is 4.79 Å². The predicted molar refractivity (Wildman–Crippen MR) is 145 cm³/mol. The van der Waals surface area contributed by atoms with E-state index in [4.69, 9.17) is 27.5 Å². The maximum atomic E-state index is 12.5. The number of hydrogen-bond donors (Lipinski definition) is 2. The van der Waals surface area contributed by atoms with E-state index >= 15 is 0 Å². The molecule has 0 fully saturated rings. The average Bonchev–Trinajstić information content (AvgIpc) is 3.37. The van der Waals surface area contributed by atoms with Crippen LogP contribution in [-0.4, -0.2) is 30.8 Å². The quantitative estimate of drug-likeness (QED) is 0.162. The summed E-state index contributed by atoms with van der Waals surface area (Å²) in [6, 6.07) is 19.8. The maximum absolute atomic E-state index is 12.5. The number of hydrazone groups is 1. The third kappa shape index (κ3) is 6.42. The van der Waals surface area contributed by atoms with Crippen LogP contribution in [-0.2, 0) is 0 Å². The van der Waals surface area contributed by atoms with Crippen LogP contribution in [0.4, 0.5) is 10.8 Å². The van der Waals surface area contributed by atoms with Gasteiger partial charge in [0, 0.05) is 27.2 Å². The molecule has 1 amide bonds. The molecule has 0 aliphatic rings. The molecule has 3 aromatic carbocycles. The molecule has 4 rings (SSSR count). The molecule has 9 heteroatoms. The summed E-state index contributed by atoms with van der Waals surface area (Å²) in [7, 11) is 1.53. The number of hydrogen-bond acceptors (Lipinski definition) is 7. The first kappa shape index (κ1) is 24.8. The largest absolute Gasteiger partial charge is 0.493 e. The predicted octanol–water partition coefficient (Wildman–Crippen LogP) is 5.99. The zero-order valence-electron chi connectivity index (χ0n) is 19.2. The summed E-state index contributed by atoms with van der Waals surface area (Å²) in [6.45, 7) is 0.141. The normalized spacial score (nSPS) is 10.6. The van der Waals surface area contributed by atoms with Crippen molar-refractivity contribution >= 4 is 45.9 Å². The van der Waals surface area contributed by atoms with Crippen molar-refractivity contribution in [2.75, 3.05) is 19.0 Å². The third-order valence-electron chi connectivity index (χ3n) is 4.92. The van der Waals surface area contributed by atoms with Gasteiger partial charge in [0.05, 0.1) is 19.0 Å². The van der Waals surface area contributed by atoms with Crippen molar-refractivity contribution in [1.29, 1.82) is 0 Å². The van der Waals surface area contributed by atoms with Crippen LogP contribution in [0.15, 0.2) is 77.2 Å². The van der Waals surface area contributed by atoms with Gasteiger partial charge in [-0.2, -0.15) is 5.10 Å². The van der Waals surface area contributed by atoms with Gasteiger partial charge in [-0.05, 0) is 60.2 Å². The Bertz CT molecular complexity index is 1410. The van der Waals surface area contributed by atoms with Gasteiger partial charge in [0.15, 0.2) is 16.6 Å². The Morgan fingerprint density at radius 3 is 2.64 bits per heavy atom. The molecule has 7 nitrogen and oxygen atoms in total. The fourth-order valence-electron chi connectivity index (χ4n) is 3.15. The van der Waals surface area contributed by atoms with Crippen LogP contribution in [0.3, 0.4) is 0 Å². The van der Waals surface area contributed by atoms with Gasteiger partial charge in [-0.15, -0.1) is 17.8 Å². The Morgan fingerprint density at radius 2 is 1.92 bits per heavy atom. The molecule has 0 bridgehead atoms. The first-order valence-corrected chi connectivity index (χ1v) is 12.0. The fourth-order valence-corrected chi connectivity index (χ4v) is 4.01. The molecule has 0 aliphatic heterocycles. The number of aromatic nitrogens is 1. The number of carbonyl (C=O) groups is 1. The number of thiazole rings is 1. The lowest BCUT2D eigenvalue weighted by Gasteiger charge is -2.09. The van der Waals surface area contributed by atoms with Crippen molar-refractivity contribution in [3.63, 3.8) is 0 Å². The summed E-state index contributed by atoms with van der Waals surface area (Å²) in [4.78, 5) is 17.1. The van der Waals surface area contributed by atoms with E-state index in [0.717, 1.165) is 27.6 Å². The summed E-state index contributed by atoms with van der Waals surface area (Å²) < 4.78 is 10.7. The Kier molecular flexibility index (Phi) is 8.19. The molecule has 2 N–H and O–H groups in total. The van der Waals surface area contributed by atoms with Crippen LogP contribution < -0.4 is 20.2 Å². The molecule has 1 heterocycles. The van der Waals surface area contributed by atoms with Gasteiger partial charge >= 0.3 is 0 Å². The molecular weight excluding hydrogens is 496 g/mol. The summed E-state index contributed by atoms with van der Waals surface area (Å²) in [5.41, 5.74) is 6.34. The summed E-state index contributed by atoms with van der Waals surface area (Å²) in [6.07, 6.45) is 6.74. The highest BCUT2D eigenvalue weighted by molar-refractivity contribution is 7.14. The minimum absolute atomic E-state index is 0.141. The highest BCUT2D eigenvalue weighted by Crippen LogP contribution is 2.28. The van der Waals surface area contributed by atoms with Gasteiger partial charge in [0.1, 0.15) is 6.61 Å². The number of ether oxygens (including phenoxy) is 2. The van der Waals surface area contributed by atoms with Gasteiger partial charge in [-0.1, -0.05) is 29.7 Å². The van der Waals surface area contributed by atoms with Crippen LogP contribution >= 0.6 is 22.9 Å². The number of anilines is 2. The Labute approximate surface area is 217 Å². The Hall–Kier alpha value is -4.32. The molecule has 0 radical (unpaired) electrons. The van der Waals surface area contributed by atoms with E-state index < -0.39 is 0 Å². The minimum atomic E-state index is -0.331. The van der Waals surface area contributed by atoms with Crippen LogP contribution in [0.2, 0.25) is 5.02 Å². The SMILES string of the molecule is C#CCOc1ccc(/C=N\NC(=O)c2ccc(-c3csc(Nc4ccc(Cl)cc4)n3)cc2)cc1OC. The number of nitrogens with one attached hydrogen (secondary N) is 2. The zero-order valence-corrected chi connectivity index (χ0v) is 20.8. The van der Waals surface area contributed by atoms with Crippen molar-refractivity contribution in [2.45, 2.75) is 0 Å². The van der Waals surface area contributed by atoms with Gasteiger partial charge < -0.3 is 14.8 Å². The number of methoxy groups -OCH3 is 1. The first-order chi connectivity index (χ1) is 17.6. The van der Waals surface area contributed by atoms with Crippen molar-refractivity contribution in [3.05, 3.63) is 88.3 Å². The first-order valence-electron chi connectivity index (χ1n) is 10.7. The average molecular weight is 517 g/mol. The molecule has 0 saturated carbocycles. The number of halogens is 1. The van der Waals surface area contributed by atoms with E-state index in [1.54, 1.807) is 30.3 Å². The lowest BCUT2D eigenvalue weighted by molar-refractivity contribution is 0.0955. The summed E-state index contributed by atoms with van der Waals surface area (Å²) in [5.74, 6) is 3.13. The van der Waals surface area contributed by atoms with Crippen molar-refractivity contribution in [2.24, 2.45) is 5.10 Å². The van der Waals surface area contributed by atoms with Gasteiger partial charge in [0.2, 0.25) is 0 Å². The molecule has 0 unspecified atom stereocenters. The van der Waals surface area contributed by atoms with E-state index in [1.807, 2.05) is 41.8 Å². The molecule has 0 atom stereocenters. The van der Waals surface area contributed by atoms with Crippen molar-refractivity contribution < 1.29 is 14.3 Å². The van der Waals surface area contributed by atoms with E-state index in [-0.39, 0.29) is 12.5 Å². The lowest BCUT2D eigenvalue weighted by atomic mass is 10.1. The summed E-state index contributed by atoms with van der Waals surface area (Å²) >= 11 is 7.42. The minimum Gasteiger partial charge on any atom is -0.493 e. The van der Waals surface area contributed by atoms with E-state index in [9.17, 15) is 4.79 Å². The van der Waals surface area contributed by atoms with E-state index in [0.29, 0.717) is 22.1 Å². The lowest BCUT2D eigenvalue weighted by Crippen LogP contribution is -2.17. The second-order valence-electron chi connectivity index (χ2n) is 7.35. The van der Waals surface area contributed by atoms with E-state index in [1.165, 1.54) is 24.7 Å². The smallest absolute Gasteiger partial charge is 0.271 e. The van der Waals surface area contributed by atoms with Crippen LogP contribution in [0, 0.1) is 12.3 Å². The number of nitrogens with zero attached hydrogens (tertiary/aromatic N) is 2.